The number of hydrogen-bond donors (Lipinski definition) is 1. The molecule has 0 unspecified atom stereocenters. The molecule has 0 aliphatic carbocycles. The fourth-order valence-corrected chi connectivity index (χ4v) is 5.47. The van der Waals surface area contributed by atoms with Gasteiger partial charge in [-0.15, -0.1) is 0 Å². The minimum atomic E-state index is -0.497. The van der Waals surface area contributed by atoms with Crippen LogP contribution in [0.15, 0.2) is 72.8 Å². The summed E-state index contributed by atoms with van der Waals surface area (Å²) in [6.07, 6.45) is 0. The second-order valence-electron chi connectivity index (χ2n) is 9.97. The third-order valence-electron chi connectivity index (χ3n) is 7.28. The van der Waals surface area contributed by atoms with Gasteiger partial charge in [0.15, 0.2) is 16.6 Å². The van der Waals surface area contributed by atoms with Crippen LogP contribution in [0.3, 0.4) is 0 Å². The maximum atomic E-state index is 14.4. The number of carbonyl (C=O) groups is 1. The van der Waals surface area contributed by atoms with Gasteiger partial charge in [0.1, 0.15) is 5.75 Å². The van der Waals surface area contributed by atoms with Crippen molar-refractivity contribution in [3.05, 3.63) is 78.4 Å². The molecule has 0 saturated carbocycles. The predicted octanol–water partition coefficient (Wildman–Crippen LogP) is 6.16. The first-order chi connectivity index (χ1) is 18.8. The quantitative estimate of drug-likeness (QED) is 0.305. The fraction of sp³-hybridized carbons (Fsp3) is 0.355. The zero-order chi connectivity index (χ0) is 28.1. The van der Waals surface area contributed by atoms with Crippen molar-refractivity contribution in [2.24, 2.45) is 11.8 Å². The molecule has 1 saturated heterocycles. The van der Waals surface area contributed by atoms with Crippen LogP contribution in [-0.4, -0.2) is 49.8 Å². The highest BCUT2D eigenvalue weighted by molar-refractivity contribution is 7.80. The molecule has 0 aromatic heterocycles. The number of rotatable bonds is 10. The van der Waals surface area contributed by atoms with Gasteiger partial charge < -0.3 is 24.4 Å². The second kappa shape index (κ2) is 12.4. The average molecular weight is 548 g/mol. The molecule has 1 N–H and O–H groups in total. The SMILES string of the molecule is COc1ccc(N[C@H](c2cccc(OC)c2OC)[C@@H](C)C(=O)N2C(=S)N(c3ccccc3)C[C@@H]2C(C)C)cc1. The molecule has 0 spiro atoms. The zero-order valence-electron chi connectivity index (χ0n) is 23.4. The van der Waals surface area contributed by atoms with Gasteiger partial charge in [0.2, 0.25) is 5.91 Å². The van der Waals surface area contributed by atoms with Crippen molar-refractivity contribution in [1.29, 1.82) is 0 Å². The number of ether oxygens (including phenoxy) is 3. The summed E-state index contributed by atoms with van der Waals surface area (Å²) in [5.74, 6) is 1.61. The summed E-state index contributed by atoms with van der Waals surface area (Å²) in [7, 11) is 4.85. The third-order valence-corrected chi connectivity index (χ3v) is 7.70. The maximum absolute atomic E-state index is 14.4. The summed E-state index contributed by atoms with van der Waals surface area (Å²) in [6.45, 7) is 6.85. The van der Waals surface area contributed by atoms with Crippen LogP contribution in [0, 0.1) is 11.8 Å². The number of amides is 1. The number of para-hydroxylation sites is 2. The normalized spacial score (nSPS) is 16.7. The minimum Gasteiger partial charge on any atom is -0.497 e. The van der Waals surface area contributed by atoms with Gasteiger partial charge in [0, 0.05) is 23.5 Å². The second-order valence-corrected chi connectivity index (χ2v) is 10.3. The predicted molar refractivity (Wildman–Crippen MR) is 160 cm³/mol. The van der Waals surface area contributed by atoms with E-state index in [0.29, 0.717) is 23.2 Å². The molecule has 0 bridgehead atoms. The Balaban J connectivity index is 1.73. The number of hydrogen-bond acceptors (Lipinski definition) is 6. The Morgan fingerprint density at radius 1 is 0.897 bits per heavy atom. The van der Waals surface area contributed by atoms with E-state index in [1.807, 2.05) is 84.6 Å². The van der Waals surface area contributed by atoms with Crippen LogP contribution in [0.25, 0.3) is 0 Å². The molecule has 1 heterocycles. The fourth-order valence-electron chi connectivity index (χ4n) is 5.07. The lowest BCUT2D eigenvalue weighted by Crippen LogP contribution is -2.46. The lowest BCUT2D eigenvalue weighted by Gasteiger charge is -2.33. The van der Waals surface area contributed by atoms with Gasteiger partial charge in [-0.25, -0.2) is 0 Å². The number of nitrogens with one attached hydrogen (secondary N) is 1. The third kappa shape index (κ3) is 5.81. The van der Waals surface area contributed by atoms with Crippen LogP contribution in [0.2, 0.25) is 0 Å². The first-order valence-electron chi connectivity index (χ1n) is 13.1. The van der Waals surface area contributed by atoms with E-state index in [4.69, 9.17) is 26.4 Å². The summed E-state index contributed by atoms with van der Waals surface area (Å²) in [6, 6.07) is 22.9. The Kier molecular flexibility index (Phi) is 8.97. The molecule has 7 nitrogen and oxygen atoms in total. The van der Waals surface area contributed by atoms with E-state index in [9.17, 15) is 4.79 Å². The highest BCUT2D eigenvalue weighted by Crippen LogP contribution is 2.40. The molecular weight excluding hydrogens is 510 g/mol. The number of carbonyl (C=O) groups excluding carboxylic acids is 1. The van der Waals surface area contributed by atoms with Crippen molar-refractivity contribution in [2.45, 2.75) is 32.9 Å². The molecular formula is C31H37N3O4S. The van der Waals surface area contributed by atoms with Crippen molar-refractivity contribution in [1.82, 2.24) is 4.90 Å². The molecule has 39 heavy (non-hydrogen) atoms. The van der Waals surface area contributed by atoms with Crippen LogP contribution in [0.4, 0.5) is 11.4 Å². The van der Waals surface area contributed by atoms with E-state index >= 15 is 0 Å². The highest BCUT2D eigenvalue weighted by Gasteiger charge is 2.44. The number of methoxy groups -OCH3 is 3. The topological polar surface area (TPSA) is 63.3 Å². The smallest absolute Gasteiger partial charge is 0.234 e. The van der Waals surface area contributed by atoms with Crippen LogP contribution < -0.4 is 24.4 Å². The van der Waals surface area contributed by atoms with Gasteiger partial charge in [-0.3, -0.25) is 9.69 Å². The van der Waals surface area contributed by atoms with Gasteiger partial charge in [0.25, 0.3) is 0 Å². The van der Waals surface area contributed by atoms with Gasteiger partial charge in [-0.2, -0.15) is 0 Å². The van der Waals surface area contributed by atoms with Crippen molar-refractivity contribution in [2.75, 3.05) is 38.1 Å². The molecule has 0 radical (unpaired) electrons. The molecule has 1 aliphatic rings. The minimum absolute atomic E-state index is 0.0481. The number of anilines is 2. The first kappa shape index (κ1) is 28.2. The van der Waals surface area contributed by atoms with Crippen LogP contribution in [0.1, 0.15) is 32.4 Å². The lowest BCUT2D eigenvalue weighted by atomic mass is 9.91. The Labute approximate surface area is 236 Å². The number of benzene rings is 3. The molecule has 1 amide bonds. The summed E-state index contributed by atoms with van der Waals surface area (Å²) >= 11 is 5.94. The van der Waals surface area contributed by atoms with E-state index in [1.54, 1.807) is 21.3 Å². The van der Waals surface area contributed by atoms with Gasteiger partial charge in [-0.1, -0.05) is 51.1 Å². The maximum Gasteiger partial charge on any atom is 0.234 e. The Morgan fingerprint density at radius 2 is 1.59 bits per heavy atom. The standard InChI is InChI=1S/C31H37N3O4S/c1-20(2)26-19-33(23-11-8-7-9-12-23)31(39)34(26)30(35)21(3)28(32-22-15-17-24(36-4)18-16-22)25-13-10-14-27(37-5)29(25)38-6/h7-18,20-21,26,28,32H,19H2,1-6H3/t21-,26-,28+/m1/s1. The zero-order valence-corrected chi connectivity index (χ0v) is 24.2. The van der Waals surface area contributed by atoms with E-state index in [1.165, 1.54) is 0 Å². The molecule has 8 heteroatoms. The van der Waals surface area contributed by atoms with E-state index < -0.39 is 12.0 Å². The van der Waals surface area contributed by atoms with Crippen molar-refractivity contribution >= 4 is 34.6 Å². The first-order valence-corrected chi connectivity index (χ1v) is 13.5. The van der Waals surface area contributed by atoms with E-state index in [2.05, 4.69) is 24.1 Å². The van der Waals surface area contributed by atoms with Crippen molar-refractivity contribution < 1.29 is 19.0 Å². The van der Waals surface area contributed by atoms with Crippen molar-refractivity contribution in [3.8, 4) is 17.2 Å². The highest BCUT2D eigenvalue weighted by atomic mass is 32.1. The van der Waals surface area contributed by atoms with Crippen LogP contribution >= 0.6 is 12.2 Å². The molecule has 1 fully saturated rings. The van der Waals surface area contributed by atoms with Gasteiger partial charge in [0.05, 0.1) is 39.3 Å². The number of nitrogens with zero attached hydrogens (tertiary/aromatic N) is 2. The molecule has 3 aromatic carbocycles. The van der Waals surface area contributed by atoms with Crippen LogP contribution in [0.5, 0.6) is 17.2 Å². The Morgan fingerprint density at radius 3 is 2.18 bits per heavy atom. The summed E-state index contributed by atoms with van der Waals surface area (Å²) in [4.78, 5) is 18.3. The average Bonchev–Trinajstić information content (AvgIpc) is 3.32. The van der Waals surface area contributed by atoms with Crippen molar-refractivity contribution in [3.63, 3.8) is 0 Å². The molecule has 206 valence electrons. The summed E-state index contributed by atoms with van der Waals surface area (Å²) in [5.41, 5.74) is 2.65. The van der Waals surface area contributed by atoms with Gasteiger partial charge in [-0.05, 0) is 60.6 Å². The lowest BCUT2D eigenvalue weighted by molar-refractivity contribution is -0.133. The van der Waals surface area contributed by atoms with Gasteiger partial charge >= 0.3 is 0 Å². The Bertz CT molecular complexity index is 1280. The largest absolute Gasteiger partial charge is 0.497 e. The molecule has 1 aliphatic heterocycles. The van der Waals surface area contributed by atoms with Crippen LogP contribution in [-0.2, 0) is 4.79 Å². The summed E-state index contributed by atoms with van der Waals surface area (Å²) < 4.78 is 16.7. The molecule has 3 atom stereocenters. The number of thiocarbonyl (C=S) groups is 1. The molecule has 4 rings (SSSR count). The Hall–Kier alpha value is -3.78. The monoisotopic (exact) mass is 547 g/mol. The van der Waals surface area contributed by atoms with E-state index in [0.717, 1.165) is 22.7 Å². The van der Waals surface area contributed by atoms with E-state index in [-0.39, 0.29) is 17.9 Å². The summed E-state index contributed by atoms with van der Waals surface area (Å²) in [5, 5.41) is 4.11. The molecule has 3 aromatic rings.